The fourth-order valence-electron chi connectivity index (χ4n) is 2.89. The molecule has 2 atom stereocenters. The van der Waals surface area contributed by atoms with Crippen molar-refractivity contribution in [3.63, 3.8) is 0 Å². The third kappa shape index (κ3) is 4.78. The van der Waals surface area contributed by atoms with Gasteiger partial charge in [-0.1, -0.05) is 18.2 Å². The highest BCUT2D eigenvalue weighted by Gasteiger charge is 2.39. The van der Waals surface area contributed by atoms with E-state index >= 15 is 0 Å². The number of sulfonamides is 1. The van der Waals surface area contributed by atoms with E-state index in [4.69, 9.17) is 15.4 Å². The molecule has 0 aliphatic carbocycles. The molecule has 8 nitrogen and oxygen atoms in total. The Morgan fingerprint density at radius 1 is 1.33 bits per heavy atom. The average molecular weight is 391 g/mol. The molecule has 0 radical (unpaired) electrons. The van der Waals surface area contributed by atoms with Gasteiger partial charge in [0.15, 0.2) is 12.4 Å². The summed E-state index contributed by atoms with van der Waals surface area (Å²) in [6.45, 7) is 0.845. The number of nitrogens with one attached hydrogen (secondary N) is 1. The van der Waals surface area contributed by atoms with Crippen molar-refractivity contribution >= 4 is 27.5 Å². The molecule has 0 bridgehead atoms. The van der Waals surface area contributed by atoms with Gasteiger partial charge in [-0.3, -0.25) is 9.59 Å². The summed E-state index contributed by atoms with van der Waals surface area (Å²) >= 11 is 0. The van der Waals surface area contributed by atoms with Gasteiger partial charge in [-0.25, -0.2) is 8.42 Å². The predicted molar refractivity (Wildman–Crippen MR) is 96.4 cm³/mol. The molecule has 144 valence electrons. The monoisotopic (exact) mass is 391 g/mol. The molecule has 1 unspecified atom stereocenters. The third-order valence-corrected chi connectivity index (χ3v) is 6.24. The van der Waals surface area contributed by atoms with Crippen LogP contribution in [0.3, 0.4) is 0 Å². The summed E-state index contributed by atoms with van der Waals surface area (Å²) in [6, 6.07) is 8.49. The van der Waals surface area contributed by atoms with Gasteiger partial charge in [0, 0.05) is 12.3 Å². The van der Waals surface area contributed by atoms with E-state index in [9.17, 15) is 18.0 Å². The number of hydrogen-bond acceptors (Lipinski definition) is 7. The summed E-state index contributed by atoms with van der Waals surface area (Å²) in [5, 5.41) is 16.3. The zero-order chi connectivity index (χ0) is 20.0. The average Bonchev–Trinajstić information content (AvgIpc) is 2.67. The number of hydrogen-bond donors (Lipinski definition) is 1. The molecule has 0 saturated carbocycles. The summed E-state index contributed by atoms with van der Waals surface area (Å²) in [4.78, 5) is 24.5. The molecule has 1 fully saturated rings. The maximum atomic E-state index is 12.9. The van der Waals surface area contributed by atoms with Crippen molar-refractivity contribution in [2.45, 2.75) is 37.1 Å². The Morgan fingerprint density at radius 2 is 2.00 bits per heavy atom. The maximum Gasteiger partial charge on any atom is 0.324 e. The van der Waals surface area contributed by atoms with E-state index in [2.05, 4.69) is 0 Å². The molecule has 1 N–H and O–H groups in total. The summed E-state index contributed by atoms with van der Waals surface area (Å²) in [5.74, 6) is -2.79. The van der Waals surface area contributed by atoms with Crippen LogP contribution in [0.15, 0.2) is 35.2 Å². The Balaban J connectivity index is 2.13. The zero-order valence-corrected chi connectivity index (χ0v) is 15.7. The molecule has 0 aromatic heterocycles. The van der Waals surface area contributed by atoms with Gasteiger partial charge in [0.25, 0.3) is 0 Å². The lowest BCUT2D eigenvalue weighted by Gasteiger charge is -2.33. The van der Waals surface area contributed by atoms with Crippen molar-refractivity contribution < 1.29 is 22.7 Å². The second-order valence-corrected chi connectivity index (χ2v) is 8.15. The van der Waals surface area contributed by atoms with Crippen molar-refractivity contribution in [2.24, 2.45) is 5.92 Å². The van der Waals surface area contributed by atoms with Crippen LogP contribution in [0.4, 0.5) is 0 Å². The molecule has 0 spiro atoms. The van der Waals surface area contributed by atoms with Crippen LogP contribution < -0.4 is 0 Å². The highest BCUT2D eigenvalue weighted by molar-refractivity contribution is 7.89. The largest absolute Gasteiger partial charge is 0.456 e. The van der Waals surface area contributed by atoms with E-state index in [1.165, 1.54) is 19.1 Å². The van der Waals surface area contributed by atoms with Crippen LogP contribution in [0.5, 0.6) is 0 Å². The minimum absolute atomic E-state index is 0.0877. The van der Waals surface area contributed by atoms with Gasteiger partial charge in [-0.05, 0) is 38.3 Å². The van der Waals surface area contributed by atoms with E-state index in [0.29, 0.717) is 19.3 Å². The summed E-state index contributed by atoms with van der Waals surface area (Å²) < 4.78 is 31.8. The highest BCUT2D eigenvalue weighted by atomic mass is 32.2. The maximum absolute atomic E-state index is 12.9. The normalized spacial score (nSPS) is 18.9. The smallest absolute Gasteiger partial charge is 0.324 e. The molecule has 1 aromatic carbocycles. The molecule has 2 rings (SSSR count). The van der Waals surface area contributed by atoms with Gasteiger partial charge < -0.3 is 10.1 Å². The first-order valence-electron chi connectivity index (χ1n) is 8.50. The number of carbonyl (C=O) groups excluding carboxylic acids is 2. The van der Waals surface area contributed by atoms with Crippen LogP contribution in [0.25, 0.3) is 0 Å². The van der Waals surface area contributed by atoms with Crippen molar-refractivity contribution in [1.82, 2.24) is 4.31 Å². The lowest BCUT2D eigenvalue weighted by Crippen LogP contribution is -2.48. The Labute approximate surface area is 158 Å². The second kappa shape index (κ2) is 8.88. The lowest BCUT2D eigenvalue weighted by molar-refractivity contribution is -0.152. The van der Waals surface area contributed by atoms with Gasteiger partial charge in [-0.2, -0.15) is 9.57 Å². The number of esters is 1. The first kappa shape index (κ1) is 20.7. The lowest BCUT2D eigenvalue weighted by atomic mass is 10.0. The molecule has 1 aliphatic rings. The molecule has 1 saturated heterocycles. The zero-order valence-electron chi connectivity index (χ0n) is 14.9. The van der Waals surface area contributed by atoms with Crippen molar-refractivity contribution in [3.05, 3.63) is 30.3 Å². The Morgan fingerprint density at radius 3 is 2.59 bits per heavy atom. The van der Waals surface area contributed by atoms with Crippen molar-refractivity contribution in [1.29, 1.82) is 10.7 Å². The van der Waals surface area contributed by atoms with Crippen molar-refractivity contribution in [2.75, 3.05) is 13.2 Å². The summed E-state index contributed by atoms with van der Waals surface area (Å²) in [7, 11) is -3.87. The number of ether oxygens (including phenoxy) is 1. The van der Waals surface area contributed by atoms with Gasteiger partial charge >= 0.3 is 5.97 Å². The Kier molecular flexibility index (Phi) is 6.82. The summed E-state index contributed by atoms with van der Waals surface area (Å²) in [5.41, 5.74) is -0.135. The minimum Gasteiger partial charge on any atom is -0.456 e. The number of Topliss-reactive ketones (excluding diaryl/α,β-unsaturated/α-hetero) is 1. The van der Waals surface area contributed by atoms with Gasteiger partial charge in [0.2, 0.25) is 10.0 Å². The molecule has 27 heavy (non-hydrogen) atoms. The van der Waals surface area contributed by atoms with E-state index in [-0.39, 0.29) is 17.2 Å². The van der Waals surface area contributed by atoms with Gasteiger partial charge in [-0.15, -0.1) is 0 Å². The SMILES string of the molecule is CC(=N)C(C#N)C(=O)COC(=O)[C@H]1CCCCN1S(=O)(=O)c1ccccc1. The molecular formula is C18H21N3O5S. The molecule has 0 amide bonds. The number of piperidine rings is 1. The number of rotatable bonds is 7. The van der Waals surface area contributed by atoms with E-state index < -0.39 is 40.3 Å². The molecule has 1 aromatic rings. The van der Waals surface area contributed by atoms with Crippen LogP contribution in [0.2, 0.25) is 0 Å². The molecule has 9 heteroatoms. The van der Waals surface area contributed by atoms with Crippen LogP contribution in [-0.2, 0) is 24.3 Å². The van der Waals surface area contributed by atoms with Gasteiger partial charge in [0.1, 0.15) is 12.0 Å². The van der Waals surface area contributed by atoms with Gasteiger partial charge in [0.05, 0.1) is 11.0 Å². The first-order valence-corrected chi connectivity index (χ1v) is 9.94. The van der Waals surface area contributed by atoms with Crippen LogP contribution in [-0.4, -0.2) is 49.4 Å². The fraction of sp³-hybridized carbons (Fsp3) is 0.444. The molecule has 1 aliphatic heterocycles. The van der Waals surface area contributed by atoms with Crippen LogP contribution in [0.1, 0.15) is 26.2 Å². The predicted octanol–water partition coefficient (Wildman–Crippen LogP) is 1.52. The number of benzene rings is 1. The second-order valence-electron chi connectivity index (χ2n) is 6.26. The number of carbonyl (C=O) groups is 2. The highest BCUT2D eigenvalue weighted by Crippen LogP contribution is 2.26. The molecular weight excluding hydrogens is 370 g/mol. The van der Waals surface area contributed by atoms with E-state index in [0.717, 1.165) is 4.31 Å². The van der Waals surface area contributed by atoms with E-state index in [1.807, 2.05) is 0 Å². The van der Waals surface area contributed by atoms with Crippen molar-refractivity contribution in [3.8, 4) is 6.07 Å². The molecule has 1 heterocycles. The standard InChI is InChI=1S/C18H21N3O5S/c1-13(20)15(11-19)17(22)12-26-18(23)16-9-5-6-10-21(16)27(24,25)14-7-3-2-4-8-14/h2-4,7-8,15-16,20H,5-6,9-10,12H2,1H3/t15?,16-/m1/s1. The first-order chi connectivity index (χ1) is 12.8. The number of nitrogens with zero attached hydrogens (tertiary/aromatic N) is 2. The Bertz CT molecular complexity index is 861. The third-order valence-electron chi connectivity index (χ3n) is 4.32. The number of ketones is 1. The number of nitriles is 1. The van der Waals surface area contributed by atoms with Crippen LogP contribution in [0, 0.1) is 22.7 Å². The summed E-state index contributed by atoms with van der Waals surface area (Å²) in [6.07, 6.45) is 1.58. The van der Waals surface area contributed by atoms with Crippen LogP contribution >= 0.6 is 0 Å². The fourth-order valence-corrected chi connectivity index (χ4v) is 4.56. The topological polar surface area (TPSA) is 128 Å². The van der Waals surface area contributed by atoms with E-state index in [1.54, 1.807) is 24.3 Å². The quantitative estimate of drug-likeness (QED) is 0.554. The minimum atomic E-state index is -3.87. The Hall–Kier alpha value is -2.57.